The van der Waals surface area contributed by atoms with E-state index >= 15 is 0 Å². The standard InChI is InChI=1S/C8H13F2N3O/c1-2-13-4-3-11-7(13)12-5-8(9,10)6-14/h3-4,14H,2,5-6H2,1H3,(H,11,12). The Labute approximate surface area is 80.6 Å². The molecule has 0 aliphatic rings. The smallest absolute Gasteiger partial charge is 0.287 e. The quantitative estimate of drug-likeness (QED) is 0.752. The molecule has 0 unspecified atom stereocenters. The fourth-order valence-electron chi connectivity index (χ4n) is 0.996. The first-order chi connectivity index (χ1) is 6.59. The largest absolute Gasteiger partial charge is 0.390 e. The van der Waals surface area contributed by atoms with E-state index in [4.69, 9.17) is 5.11 Å². The van der Waals surface area contributed by atoms with Crippen molar-refractivity contribution in [2.24, 2.45) is 0 Å². The second-order valence-corrected chi connectivity index (χ2v) is 2.90. The lowest BCUT2D eigenvalue weighted by Crippen LogP contribution is -2.31. The van der Waals surface area contributed by atoms with E-state index < -0.39 is 19.1 Å². The molecule has 1 aromatic rings. The van der Waals surface area contributed by atoms with E-state index in [1.807, 2.05) is 6.92 Å². The molecule has 0 saturated carbocycles. The molecule has 0 spiro atoms. The van der Waals surface area contributed by atoms with Crippen molar-refractivity contribution in [2.45, 2.75) is 19.4 Å². The van der Waals surface area contributed by atoms with Crippen molar-refractivity contribution >= 4 is 5.95 Å². The SMILES string of the molecule is CCn1ccnc1NCC(F)(F)CO. The third-order valence-electron chi connectivity index (χ3n) is 1.79. The number of aromatic nitrogens is 2. The summed E-state index contributed by atoms with van der Waals surface area (Å²) in [6.45, 7) is 0.775. The Hall–Kier alpha value is -1.17. The first-order valence-corrected chi connectivity index (χ1v) is 4.33. The van der Waals surface area contributed by atoms with Gasteiger partial charge < -0.3 is 15.0 Å². The van der Waals surface area contributed by atoms with Gasteiger partial charge in [-0.15, -0.1) is 0 Å². The van der Waals surface area contributed by atoms with Gasteiger partial charge in [-0.1, -0.05) is 0 Å². The van der Waals surface area contributed by atoms with Crippen molar-refractivity contribution in [2.75, 3.05) is 18.5 Å². The maximum Gasteiger partial charge on any atom is 0.287 e. The molecule has 0 radical (unpaired) electrons. The molecule has 0 saturated heterocycles. The molecule has 6 heteroatoms. The molecule has 1 rings (SSSR count). The van der Waals surface area contributed by atoms with E-state index in [1.165, 1.54) is 6.20 Å². The number of imidazole rings is 1. The maximum atomic E-state index is 12.6. The summed E-state index contributed by atoms with van der Waals surface area (Å²) in [5.74, 6) is -2.72. The lowest BCUT2D eigenvalue weighted by molar-refractivity contribution is -0.0374. The van der Waals surface area contributed by atoms with Crippen LogP contribution < -0.4 is 5.32 Å². The van der Waals surface area contributed by atoms with Crippen LogP contribution in [0.1, 0.15) is 6.92 Å². The van der Waals surface area contributed by atoms with Crippen LogP contribution in [0, 0.1) is 0 Å². The predicted octanol–water partition coefficient (Wildman–Crippen LogP) is 0.942. The highest BCUT2D eigenvalue weighted by Crippen LogP contribution is 2.13. The summed E-state index contributed by atoms with van der Waals surface area (Å²) < 4.78 is 27.0. The summed E-state index contributed by atoms with van der Waals surface area (Å²) in [6.07, 6.45) is 3.22. The molecule has 0 aromatic carbocycles. The fourth-order valence-corrected chi connectivity index (χ4v) is 0.996. The van der Waals surface area contributed by atoms with Gasteiger partial charge in [0.15, 0.2) is 0 Å². The highest BCUT2D eigenvalue weighted by Gasteiger charge is 2.27. The van der Waals surface area contributed by atoms with E-state index in [0.29, 0.717) is 12.5 Å². The number of hydrogen-bond donors (Lipinski definition) is 2. The number of anilines is 1. The molecule has 0 fully saturated rings. The van der Waals surface area contributed by atoms with Gasteiger partial charge in [0.05, 0.1) is 6.54 Å². The lowest BCUT2D eigenvalue weighted by atomic mass is 10.3. The first kappa shape index (κ1) is 10.9. The molecule has 0 bridgehead atoms. The number of aliphatic hydroxyl groups excluding tert-OH is 1. The monoisotopic (exact) mass is 205 g/mol. The van der Waals surface area contributed by atoms with E-state index in [9.17, 15) is 8.78 Å². The average Bonchev–Trinajstić information content (AvgIpc) is 2.62. The van der Waals surface area contributed by atoms with Gasteiger partial charge >= 0.3 is 0 Å². The van der Waals surface area contributed by atoms with Crippen molar-refractivity contribution in [3.05, 3.63) is 12.4 Å². The highest BCUT2D eigenvalue weighted by molar-refractivity contribution is 5.26. The van der Waals surface area contributed by atoms with Gasteiger partial charge in [0.1, 0.15) is 6.61 Å². The van der Waals surface area contributed by atoms with Crippen molar-refractivity contribution < 1.29 is 13.9 Å². The van der Waals surface area contributed by atoms with Gasteiger partial charge in [-0.2, -0.15) is 0 Å². The van der Waals surface area contributed by atoms with Crippen LogP contribution in [-0.2, 0) is 6.54 Å². The number of nitrogens with zero attached hydrogens (tertiary/aromatic N) is 2. The Morgan fingerprint density at radius 3 is 2.93 bits per heavy atom. The van der Waals surface area contributed by atoms with Crippen LogP contribution in [0.25, 0.3) is 0 Å². The molecule has 0 amide bonds. The van der Waals surface area contributed by atoms with Gasteiger partial charge in [-0.3, -0.25) is 0 Å². The molecule has 4 nitrogen and oxygen atoms in total. The molecule has 14 heavy (non-hydrogen) atoms. The van der Waals surface area contributed by atoms with Crippen LogP contribution >= 0.6 is 0 Å². The van der Waals surface area contributed by atoms with Gasteiger partial charge in [-0.05, 0) is 6.92 Å². The predicted molar refractivity (Wildman–Crippen MR) is 48.4 cm³/mol. The van der Waals surface area contributed by atoms with E-state index in [2.05, 4.69) is 10.3 Å². The number of hydrogen-bond acceptors (Lipinski definition) is 3. The minimum atomic E-state index is -3.11. The summed E-state index contributed by atoms with van der Waals surface area (Å²) in [7, 11) is 0. The Bertz CT molecular complexity index is 288. The average molecular weight is 205 g/mol. The molecule has 80 valence electrons. The summed E-state index contributed by atoms with van der Waals surface area (Å²) in [5, 5.41) is 10.8. The lowest BCUT2D eigenvalue weighted by Gasteiger charge is -2.14. The summed E-state index contributed by atoms with van der Waals surface area (Å²) >= 11 is 0. The van der Waals surface area contributed by atoms with E-state index in [0.717, 1.165) is 0 Å². The van der Waals surface area contributed by atoms with Gasteiger partial charge in [0.25, 0.3) is 5.92 Å². The Morgan fingerprint density at radius 1 is 1.64 bits per heavy atom. The highest BCUT2D eigenvalue weighted by atomic mass is 19.3. The van der Waals surface area contributed by atoms with Gasteiger partial charge in [0.2, 0.25) is 5.95 Å². The fraction of sp³-hybridized carbons (Fsp3) is 0.625. The first-order valence-electron chi connectivity index (χ1n) is 4.33. The minimum Gasteiger partial charge on any atom is -0.390 e. The Balaban J connectivity index is 2.53. The van der Waals surface area contributed by atoms with Crippen molar-refractivity contribution in [3.8, 4) is 0 Å². The van der Waals surface area contributed by atoms with E-state index in [-0.39, 0.29) is 0 Å². The van der Waals surface area contributed by atoms with Crippen molar-refractivity contribution in [1.29, 1.82) is 0 Å². The molecule has 0 aliphatic heterocycles. The summed E-state index contributed by atoms with van der Waals surface area (Å²) in [6, 6.07) is 0. The number of nitrogens with one attached hydrogen (secondary N) is 1. The summed E-state index contributed by atoms with van der Waals surface area (Å²) in [4.78, 5) is 3.86. The van der Waals surface area contributed by atoms with Crippen LogP contribution in [0.15, 0.2) is 12.4 Å². The van der Waals surface area contributed by atoms with E-state index in [1.54, 1.807) is 10.8 Å². The molecule has 0 atom stereocenters. The maximum absolute atomic E-state index is 12.6. The second-order valence-electron chi connectivity index (χ2n) is 2.90. The minimum absolute atomic E-state index is 0.389. The van der Waals surface area contributed by atoms with Crippen LogP contribution in [0.4, 0.5) is 14.7 Å². The van der Waals surface area contributed by atoms with Crippen LogP contribution in [-0.4, -0.2) is 33.7 Å². The van der Waals surface area contributed by atoms with Crippen LogP contribution in [0.2, 0.25) is 0 Å². The number of aliphatic hydroxyl groups is 1. The zero-order valence-corrected chi connectivity index (χ0v) is 7.87. The number of halogens is 2. The summed E-state index contributed by atoms with van der Waals surface area (Å²) in [5.41, 5.74) is 0. The normalized spacial score (nSPS) is 11.7. The molecular formula is C8H13F2N3O. The van der Waals surface area contributed by atoms with Crippen LogP contribution in [0.3, 0.4) is 0 Å². The number of aryl methyl sites for hydroxylation is 1. The molecule has 1 aromatic heterocycles. The van der Waals surface area contributed by atoms with Crippen LogP contribution in [0.5, 0.6) is 0 Å². The number of rotatable bonds is 5. The third kappa shape index (κ3) is 2.66. The topological polar surface area (TPSA) is 50.1 Å². The Morgan fingerprint density at radius 2 is 2.36 bits per heavy atom. The molecule has 1 heterocycles. The zero-order chi connectivity index (χ0) is 10.6. The third-order valence-corrected chi connectivity index (χ3v) is 1.79. The molecular weight excluding hydrogens is 192 g/mol. The zero-order valence-electron chi connectivity index (χ0n) is 7.87. The van der Waals surface area contributed by atoms with Crippen molar-refractivity contribution in [1.82, 2.24) is 9.55 Å². The Kier molecular flexibility index (Phi) is 3.40. The second kappa shape index (κ2) is 4.36. The molecule has 0 aliphatic carbocycles. The number of alkyl halides is 2. The van der Waals surface area contributed by atoms with Gasteiger partial charge in [0, 0.05) is 18.9 Å². The van der Waals surface area contributed by atoms with Crippen molar-refractivity contribution in [3.63, 3.8) is 0 Å². The van der Waals surface area contributed by atoms with Gasteiger partial charge in [-0.25, -0.2) is 13.8 Å². The molecule has 2 N–H and O–H groups in total.